The highest BCUT2D eigenvalue weighted by molar-refractivity contribution is 6.12. The summed E-state index contributed by atoms with van der Waals surface area (Å²) in [5, 5.41) is 1.98. The first-order chi connectivity index (χ1) is 12.1. The Kier molecular flexibility index (Phi) is 4.94. The molecule has 3 rings (SSSR count). The Morgan fingerprint density at radius 2 is 1.56 bits per heavy atom. The van der Waals surface area contributed by atoms with Crippen LogP contribution in [0.3, 0.4) is 0 Å². The molecule has 3 aromatic carbocycles. The van der Waals surface area contributed by atoms with Crippen LogP contribution in [-0.2, 0) is 16.0 Å². The van der Waals surface area contributed by atoms with Gasteiger partial charge in [-0.25, -0.2) is 0 Å². The van der Waals surface area contributed by atoms with Gasteiger partial charge in [-0.15, -0.1) is 0 Å². The van der Waals surface area contributed by atoms with Gasteiger partial charge in [0, 0.05) is 11.1 Å². The molecule has 0 saturated carbocycles. The third-order valence-electron chi connectivity index (χ3n) is 4.17. The van der Waals surface area contributed by atoms with Crippen LogP contribution < -0.4 is 0 Å². The molecule has 3 aromatic rings. The van der Waals surface area contributed by atoms with Crippen molar-refractivity contribution in [3.63, 3.8) is 0 Å². The zero-order valence-electron chi connectivity index (χ0n) is 14.4. The van der Waals surface area contributed by atoms with Gasteiger partial charge >= 0.3 is 5.97 Å². The van der Waals surface area contributed by atoms with E-state index in [2.05, 4.69) is 0 Å². The maximum atomic E-state index is 13.0. The number of aryl methyl sites for hydroxylation is 1. The number of carbonyl (C=O) groups is 2. The second-order valence-electron chi connectivity index (χ2n) is 6.03. The number of benzene rings is 3. The number of hydrogen-bond acceptors (Lipinski definition) is 3. The van der Waals surface area contributed by atoms with Gasteiger partial charge in [-0.2, -0.15) is 0 Å². The van der Waals surface area contributed by atoms with E-state index in [4.69, 9.17) is 4.74 Å². The third-order valence-corrected chi connectivity index (χ3v) is 4.17. The van der Waals surface area contributed by atoms with E-state index in [0.717, 1.165) is 16.3 Å². The van der Waals surface area contributed by atoms with Gasteiger partial charge < -0.3 is 4.74 Å². The van der Waals surface area contributed by atoms with Crippen molar-refractivity contribution in [3.8, 4) is 0 Å². The van der Waals surface area contributed by atoms with E-state index in [1.165, 1.54) is 0 Å². The Morgan fingerprint density at radius 1 is 0.920 bits per heavy atom. The molecule has 0 aromatic heterocycles. The van der Waals surface area contributed by atoms with E-state index in [9.17, 15) is 9.59 Å². The predicted molar refractivity (Wildman–Crippen MR) is 98.9 cm³/mol. The van der Waals surface area contributed by atoms with Crippen LogP contribution in [0.4, 0.5) is 0 Å². The molecule has 25 heavy (non-hydrogen) atoms. The van der Waals surface area contributed by atoms with E-state index in [-0.39, 0.29) is 18.2 Å². The Bertz CT molecular complexity index is 924. The van der Waals surface area contributed by atoms with Crippen LogP contribution in [-0.4, -0.2) is 18.4 Å². The molecule has 0 bridgehead atoms. The summed E-state index contributed by atoms with van der Waals surface area (Å²) in [6, 6.07) is 19.1. The van der Waals surface area contributed by atoms with Gasteiger partial charge in [0.1, 0.15) is 0 Å². The van der Waals surface area contributed by atoms with Crippen molar-refractivity contribution in [3.05, 3.63) is 82.9 Å². The maximum Gasteiger partial charge on any atom is 0.310 e. The van der Waals surface area contributed by atoms with E-state index < -0.39 is 0 Å². The minimum absolute atomic E-state index is 0.0787. The average Bonchev–Trinajstić information content (AvgIpc) is 2.61. The molecule has 0 radical (unpaired) electrons. The minimum atomic E-state index is -0.323. The number of fused-ring (bicyclic) bond motifs is 1. The molecule has 126 valence electrons. The lowest BCUT2D eigenvalue weighted by atomic mass is 9.93. The lowest BCUT2D eigenvalue weighted by molar-refractivity contribution is -0.142. The van der Waals surface area contributed by atoms with Crippen LogP contribution in [0, 0.1) is 6.92 Å². The van der Waals surface area contributed by atoms with E-state index in [0.29, 0.717) is 23.3 Å². The number of carbonyl (C=O) groups excluding carboxylic acids is 2. The van der Waals surface area contributed by atoms with E-state index in [1.807, 2.05) is 67.6 Å². The van der Waals surface area contributed by atoms with E-state index >= 15 is 0 Å². The zero-order chi connectivity index (χ0) is 17.8. The first-order valence-electron chi connectivity index (χ1n) is 8.37. The molecule has 0 saturated heterocycles. The van der Waals surface area contributed by atoms with Gasteiger partial charge in [0.25, 0.3) is 0 Å². The summed E-state index contributed by atoms with van der Waals surface area (Å²) in [6.45, 7) is 4.08. The smallest absolute Gasteiger partial charge is 0.310 e. The van der Waals surface area contributed by atoms with Crippen molar-refractivity contribution in [2.24, 2.45) is 0 Å². The quantitative estimate of drug-likeness (QED) is 0.511. The lowest BCUT2D eigenvalue weighted by Crippen LogP contribution is -2.12. The van der Waals surface area contributed by atoms with Crippen molar-refractivity contribution < 1.29 is 14.3 Å². The largest absolute Gasteiger partial charge is 0.466 e. The standard InChI is InChI=1S/C22H20O3/c1-3-25-21(23)14-19-12-17-6-4-5-7-18(17)13-20(19)22(24)16-10-8-15(2)9-11-16/h4-13H,3,14H2,1-2H3. The Balaban J connectivity index is 2.08. The summed E-state index contributed by atoms with van der Waals surface area (Å²) in [6.07, 6.45) is 0.0889. The topological polar surface area (TPSA) is 43.4 Å². The van der Waals surface area contributed by atoms with Gasteiger partial charge in [0.05, 0.1) is 13.0 Å². The lowest BCUT2D eigenvalue weighted by Gasteiger charge is -2.11. The van der Waals surface area contributed by atoms with Crippen molar-refractivity contribution in [2.45, 2.75) is 20.3 Å². The Labute approximate surface area is 147 Å². The van der Waals surface area contributed by atoms with Crippen LogP contribution in [0.15, 0.2) is 60.7 Å². The zero-order valence-corrected chi connectivity index (χ0v) is 14.4. The minimum Gasteiger partial charge on any atom is -0.466 e. The Hall–Kier alpha value is -2.94. The molecular weight excluding hydrogens is 312 g/mol. The highest BCUT2D eigenvalue weighted by Gasteiger charge is 2.17. The summed E-state index contributed by atoms with van der Waals surface area (Å²) in [4.78, 5) is 25.0. The first-order valence-corrected chi connectivity index (χ1v) is 8.37. The van der Waals surface area contributed by atoms with Gasteiger partial charge in [0.2, 0.25) is 0 Å². The number of ether oxygens (including phenoxy) is 1. The highest BCUT2D eigenvalue weighted by atomic mass is 16.5. The summed E-state index contributed by atoms with van der Waals surface area (Å²) in [7, 11) is 0. The molecular formula is C22H20O3. The predicted octanol–water partition coefficient (Wildman–Crippen LogP) is 4.48. The fourth-order valence-corrected chi connectivity index (χ4v) is 2.87. The molecule has 0 aliphatic carbocycles. The van der Waals surface area contributed by atoms with Crippen LogP contribution in [0.2, 0.25) is 0 Å². The molecule has 0 heterocycles. The highest BCUT2D eigenvalue weighted by Crippen LogP contribution is 2.23. The molecule has 0 unspecified atom stereocenters. The average molecular weight is 332 g/mol. The Morgan fingerprint density at radius 3 is 2.20 bits per heavy atom. The number of ketones is 1. The normalized spacial score (nSPS) is 10.6. The summed E-state index contributed by atoms with van der Waals surface area (Å²) < 4.78 is 5.06. The summed E-state index contributed by atoms with van der Waals surface area (Å²) in [5.41, 5.74) is 2.96. The fourth-order valence-electron chi connectivity index (χ4n) is 2.87. The molecule has 3 nitrogen and oxygen atoms in total. The number of rotatable bonds is 5. The third kappa shape index (κ3) is 3.77. The van der Waals surface area contributed by atoms with Gasteiger partial charge in [-0.1, -0.05) is 54.1 Å². The second-order valence-corrected chi connectivity index (χ2v) is 6.03. The first kappa shape index (κ1) is 16.9. The summed E-state index contributed by atoms with van der Waals surface area (Å²) >= 11 is 0. The number of hydrogen-bond donors (Lipinski definition) is 0. The summed E-state index contributed by atoms with van der Waals surface area (Å²) in [5.74, 6) is -0.402. The molecule has 0 N–H and O–H groups in total. The van der Waals surface area contributed by atoms with Gasteiger partial charge in [-0.3, -0.25) is 9.59 Å². The van der Waals surface area contributed by atoms with Crippen LogP contribution in [0.5, 0.6) is 0 Å². The van der Waals surface area contributed by atoms with Crippen molar-refractivity contribution >= 4 is 22.5 Å². The second kappa shape index (κ2) is 7.31. The van der Waals surface area contributed by atoms with Crippen LogP contribution >= 0.6 is 0 Å². The molecule has 0 fully saturated rings. The van der Waals surface area contributed by atoms with Crippen LogP contribution in [0.1, 0.15) is 34.0 Å². The molecule has 0 aliphatic rings. The van der Waals surface area contributed by atoms with Crippen molar-refractivity contribution in [1.29, 1.82) is 0 Å². The number of esters is 1. The molecule has 0 aliphatic heterocycles. The van der Waals surface area contributed by atoms with E-state index in [1.54, 1.807) is 6.92 Å². The van der Waals surface area contributed by atoms with Gasteiger partial charge in [0.15, 0.2) is 5.78 Å². The van der Waals surface area contributed by atoms with Gasteiger partial charge in [-0.05, 0) is 42.3 Å². The molecule has 0 spiro atoms. The molecule has 0 atom stereocenters. The fraction of sp³-hybridized carbons (Fsp3) is 0.182. The molecule has 3 heteroatoms. The maximum absolute atomic E-state index is 13.0. The SMILES string of the molecule is CCOC(=O)Cc1cc2ccccc2cc1C(=O)c1ccc(C)cc1. The monoisotopic (exact) mass is 332 g/mol. The van der Waals surface area contributed by atoms with Crippen LogP contribution in [0.25, 0.3) is 10.8 Å². The molecule has 0 amide bonds. The van der Waals surface area contributed by atoms with Crippen molar-refractivity contribution in [2.75, 3.05) is 6.61 Å². The van der Waals surface area contributed by atoms with Crippen molar-refractivity contribution in [1.82, 2.24) is 0 Å².